The molecule has 0 aliphatic carbocycles. The number of nitrogens with zero attached hydrogens (tertiary/aromatic N) is 5. The van der Waals surface area contributed by atoms with Gasteiger partial charge >= 0.3 is 6.03 Å². The Hall–Kier alpha value is -3.98. The zero-order chi connectivity index (χ0) is 23.5. The molecule has 1 aliphatic rings. The lowest BCUT2D eigenvalue weighted by molar-refractivity contribution is 0.0990. The second-order valence-corrected chi connectivity index (χ2v) is 8.27. The quantitative estimate of drug-likeness (QED) is 0.466. The van der Waals surface area contributed by atoms with Gasteiger partial charge in [-0.05, 0) is 43.7 Å². The van der Waals surface area contributed by atoms with Gasteiger partial charge in [-0.2, -0.15) is 5.10 Å². The lowest BCUT2D eigenvalue weighted by Gasteiger charge is -2.35. The number of nitrogens with one attached hydrogen (secondary N) is 2. The Morgan fingerprint density at radius 2 is 1.97 bits per heavy atom. The molecular weight excluding hydrogens is 430 g/mol. The average molecular weight is 458 g/mol. The van der Waals surface area contributed by atoms with Gasteiger partial charge in [0.25, 0.3) is 0 Å². The number of benzene rings is 1. The van der Waals surface area contributed by atoms with Crippen LogP contribution in [0.3, 0.4) is 0 Å². The molecular formula is C25H27N7O2. The SMILES string of the molecule is CCc1cnc2c(N3CCOCC3C)cc(-c3ccc(NC(=O)Nc4cccnc4)cc3)nn12. The highest BCUT2D eigenvalue weighted by atomic mass is 16.5. The van der Waals surface area contributed by atoms with Crippen molar-refractivity contribution in [3.63, 3.8) is 0 Å². The number of anilines is 3. The summed E-state index contributed by atoms with van der Waals surface area (Å²) in [6.07, 6.45) is 5.99. The minimum atomic E-state index is -0.324. The summed E-state index contributed by atoms with van der Waals surface area (Å²) in [5, 5.41) is 10.5. The predicted octanol–water partition coefficient (Wildman–Crippen LogP) is 4.22. The normalized spacial score (nSPS) is 15.9. The number of ether oxygens (including phenoxy) is 1. The van der Waals surface area contributed by atoms with Gasteiger partial charge in [-0.1, -0.05) is 19.1 Å². The zero-order valence-corrected chi connectivity index (χ0v) is 19.2. The molecule has 1 atom stereocenters. The van der Waals surface area contributed by atoms with Gasteiger partial charge < -0.3 is 20.3 Å². The first kappa shape index (κ1) is 21.8. The summed E-state index contributed by atoms with van der Waals surface area (Å²) in [7, 11) is 0. The number of hydrogen-bond acceptors (Lipinski definition) is 6. The maximum Gasteiger partial charge on any atom is 0.323 e. The Morgan fingerprint density at radius 1 is 1.15 bits per heavy atom. The monoisotopic (exact) mass is 457 g/mol. The van der Waals surface area contributed by atoms with Crippen LogP contribution < -0.4 is 15.5 Å². The van der Waals surface area contributed by atoms with Crippen molar-refractivity contribution in [1.29, 1.82) is 0 Å². The minimum Gasteiger partial charge on any atom is -0.377 e. The second kappa shape index (κ2) is 9.48. The van der Waals surface area contributed by atoms with E-state index in [9.17, 15) is 4.79 Å². The number of urea groups is 1. The molecule has 1 unspecified atom stereocenters. The van der Waals surface area contributed by atoms with Gasteiger partial charge in [-0.15, -0.1) is 0 Å². The van der Waals surface area contributed by atoms with E-state index in [2.05, 4.69) is 45.4 Å². The number of pyridine rings is 1. The van der Waals surface area contributed by atoms with E-state index >= 15 is 0 Å². The third kappa shape index (κ3) is 4.42. The van der Waals surface area contributed by atoms with Crippen molar-refractivity contribution in [2.75, 3.05) is 35.3 Å². The molecule has 1 fully saturated rings. The van der Waals surface area contributed by atoms with Gasteiger partial charge in [0, 0.05) is 30.0 Å². The number of carbonyl (C=O) groups is 1. The van der Waals surface area contributed by atoms with Crippen LogP contribution in [0.15, 0.2) is 61.1 Å². The summed E-state index contributed by atoms with van der Waals surface area (Å²) < 4.78 is 7.59. The van der Waals surface area contributed by atoms with Crippen molar-refractivity contribution < 1.29 is 9.53 Å². The van der Waals surface area contributed by atoms with E-state index < -0.39 is 0 Å². The summed E-state index contributed by atoms with van der Waals surface area (Å²) in [5.41, 5.74) is 6.09. The number of amides is 2. The first-order chi connectivity index (χ1) is 16.6. The molecule has 4 aromatic rings. The molecule has 9 heteroatoms. The van der Waals surface area contributed by atoms with Gasteiger partial charge in [0.2, 0.25) is 0 Å². The van der Waals surface area contributed by atoms with Crippen molar-refractivity contribution >= 4 is 28.7 Å². The lowest BCUT2D eigenvalue weighted by atomic mass is 10.1. The summed E-state index contributed by atoms with van der Waals surface area (Å²) in [4.78, 5) is 23.3. The Balaban J connectivity index is 1.42. The number of aromatic nitrogens is 4. The van der Waals surface area contributed by atoms with E-state index in [1.165, 1.54) is 0 Å². The third-order valence-electron chi connectivity index (χ3n) is 5.92. The van der Waals surface area contributed by atoms with E-state index in [1.54, 1.807) is 24.5 Å². The van der Waals surface area contributed by atoms with E-state index in [0.29, 0.717) is 24.6 Å². The third-order valence-corrected chi connectivity index (χ3v) is 5.92. The van der Waals surface area contributed by atoms with Gasteiger partial charge in [0.1, 0.15) is 0 Å². The smallest absolute Gasteiger partial charge is 0.323 e. The van der Waals surface area contributed by atoms with Gasteiger partial charge in [-0.25, -0.2) is 14.3 Å². The number of hydrogen-bond donors (Lipinski definition) is 2. The fourth-order valence-electron chi connectivity index (χ4n) is 4.13. The molecule has 2 amide bonds. The van der Waals surface area contributed by atoms with Crippen LogP contribution in [0.5, 0.6) is 0 Å². The van der Waals surface area contributed by atoms with E-state index in [-0.39, 0.29) is 12.1 Å². The molecule has 5 rings (SSSR count). The Bertz CT molecular complexity index is 1290. The van der Waals surface area contributed by atoms with E-state index in [0.717, 1.165) is 41.3 Å². The number of rotatable bonds is 5. The molecule has 174 valence electrons. The van der Waals surface area contributed by atoms with Gasteiger partial charge in [0.05, 0.1) is 48.4 Å². The molecule has 0 spiro atoms. The molecule has 3 aromatic heterocycles. The van der Waals surface area contributed by atoms with Gasteiger partial charge in [0.15, 0.2) is 5.65 Å². The molecule has 2 N–H and O–H groups in total. The van der Waals surface area contributed by atoms with Crippen molar-refractivity contribution in [1.82, 2.24) is 19.6 Å². The van der Waals surface area contributed by atoms with Crippen LogP contribution in [0.2, 0.25) is 0 Å². The van der Waals surface area contributed by atoms with Crippen molar-refractivity contribution in [3.05, 3.63) is 66.7 Å². The first-order valence-electron chi connectivity index (χ1n) is 11.4. The fraction of sp³-hybridized carbons (Fsp3) is 0.280. The molecule has 0 radical (unpaired) electrons. The number of carbonyl (C=O) groups excluding carboxylic acids is 1. The standard InChI is InChI=1S/C25H27N7O2/c1-3-21-15-27-24-23(31-11-12-34-16-17(31)2)13-22(30-32(21)24)18-6-8-19(9-7-18)28-25(33)29-20-5-4-10-26-14-20/h4-10,13-15,17H,3,11-12,16H2,1-2H3,(H2,28,29,33). The van der Waals surface area contributed by atoms with Crippen LogP contribution in [-0.4, -0.2) is 51.4 Å². The first-order valence-corrected chi connectivity index (χ1v) is 11.4. The molecule has 0 saturated carbocycles. The Morgan fingerprint density at radius 3 is 2.71 bits per heavy atom. The van der Waals surface area contributed by atoms with Crippen LogP contribution in [0.4, 0.5) is 21.9 Å². The molecule has 1 aromatic carbocycles. The highest BCUT2D eigenvalue weighted by molar-refractivity contribution is 5.99. The van der Waals surface area contributed by atoms with Crippen molar-refractivity contribution in [2.24, 2.45) is 0 Å². The summed E-state index contributed by atoms with van der Waals surface area (Å²) >= 11 is 0. The van der Waals surface area contributed by atoms with Crippen LogP contribution in [0, 0.1) is 0 Å². The predicted molar refractivity (Wildman–Crippen MR) is 132 cm³/mol. The number of morpholine rings is 1. The fourth-order valence-corrected chi connectivity index (χ4v) is 4.13. The highest BCUT2D eigenvalue weighted by Crippen LogP contribution is 2.30. The van der Waals surface area contributed by atoms with Crippen LogP contribution in [0.25, 0.3) is 16.9 Å². The topological polar surface area (TPSA) is 96.7 Å². The number of fused-ring (bicyclic) bond motifs is 1. The second-order valence-electron chi connectivity index (χ2n) is 8.27. The highest BCUT2D eigenvalue weighted by Gasteiger charge is 2.24. The number of aryl methyl sites for hydroxylation is 1. The molecule has 34 heavy (non-hydrogen) atoms. The largest absolute Gasteiger partial charge is 0.377 e. The number of imidazole rings is 1. The molecule has 1 aliphatic heterocycles. The average Bonchev–Trinajstić information content (AvgIpc) is 3.28. The van der Waals surface area contributed by atoms with Crippen LogP contribution in [0.1, 0.15) is 19.5 Å². The summed E-state index contributed by atoms with van der Waals surface area (Å²) in [6, 6.07) is 13.2. The lowest BCUT2D eigenvalue weighted by Crippen LogP contribution is -2.44. The van der Waals surface area contributed by atoms with E-state index in [4.69, 9.17) is 9.84 Å². The van der Waals surface area contributed by atoms with Crippen molar-refractivity contribution in [3.8, 4) is 11.3 Å². The van der Waals surface area contributed by atoms with Crippen LogP contribution >= 0.6 is 0 Å². The zero-order valence-electron chi connectivity index (χ0n) is 19.2. The molecule has 9 nitrogen and oxygen atoms in total. The minimum absolute atomic E-state index is 0.250. The van der Waals surface area contributed by atoms with Crippen LogP contribution in [-0.2, 0) is 11.2 Å². The summed E-state index contributed by atoms with van der Waals surface area (Å²) in [6.45, 7) is 6.45. The Labute approximate surface area is 197 Å². The maximum absolute atomic E-state index is 12.3. The molecule has 0 bridgehead atoms. The van der Waals surface area contributed by atoms with E-state index in [1.807, 2.05) is 35.0 Å². The molecule has 1 saturated heterocycles. The van der Waals surface area contributed by atoms with Crippen molar-refractivity contribution in [2.45, 2.75) is 26.3 Å². The summed E-state index contributed by atoms with van der Waals surface area (Å²) in [5.74, 6) is 0. The molecule has 4 heterocycles. The maximum atomic E-state index is 12.3. The Kier molecular flexibility index (Phi) is 6.09. The van der Waals surface area contributed by atoms with Gasteiger partial charge in [-0.3, -0.25) is 4.98 Å².